The molecule has 0 aliphatic carbocycles. The number of nitrogens with two attached hydrogens (primary N) is 2. The highest BCUT2D eigenvalue weighted by molar-refractivity contribution is 6.06. The number of amides is 1. The molecule has 9 nitrogen and oxygen atoms in total. The maximum absolute atomic E-state index is 12.4. The second kappa shape index (κ2) is 6.83. The van der Waals surface area contributed by atoms with Gasteiger partial charge >= 0.3 is 0 Å². The lowest BCUT2D eigenvalue weighted by atomic mass is 10.1. The van der Waals surface area contributed by atoms with E-state index in [0.29, 0.717) is 5.69 Å². The van der Waals surface area contributed by atoms with Crippen LogP contribution in [0.2, 0.25) is 0 Å². The molecule has 3 heterocycles. The number of carbonyl (C=O) groups is 1. The van der Waals surface area contributed by atoms with Gasteiger partial charge in [0.1, 0.15) is 17.7 Å². The first-order valence-corrected chi connectivity index (χ1v) is 7.96. The molecular weight excluding hydrogens is 308 g/mol. The summed E-state index contributed by atoms with van der Waals surface area (Å²) in [5.74, 6) is 0.734. The van der Waals surface area contributed by atoms with Crippen molar-refractivity contribution in [3.05, 3.63) is 24.3 Å². The van der Waals surface area contributed by atoms with Gasteiger partial charge < -0.3 is 21.7 Å². The van der Waals surface area contributed by atoms with Crippen LogP contribution in [0.5, 0.6) is 0 Å². The Labute approximate surface area is 140 Å². The van der Waals surface area contributed by atoms with E-state index in [1.807, 2.05) is 7.05 Å². The molecule has 1 aliphatic rings. The zero-order valence-electron chi connectivity index (χ0n) is 13.6. The molecule has 0 unspecified atom stereocenters. The first-order valence-electron chi connectivity index (χ1n) is 7.96. The number of carbonyl (C=O) groups excluding carboxylic acids is 1. The van der Waals surface area contributed by atoms with Crippen molar-refractivity contribution in [2.45, 2.75) is 25.3 Å². The summed E-state index contributed by atoms with van der Waals surface area (Å²) in [6.45, 7) is 1.65. The quantitative estimate of drug-likeness (QED) is 0.741. The highest BCUT2D eigenvalue weighted by Crippen LogP contribution is 2.32. The third kappa shape index (κ3) is 3.30. The van der Waals surface area contributed by atoms with E-state index in [2.05, 4.69) is 25.3 Å². The Morgan fingerprint density at radius 1 is 1.38 bits per heavy atom. The zero-order chi connectivity index (χ0) is 17.1. The first-order chi connectivity index (χ1) is 11.6. The van der Waals surface area contributed by atoms with E-state index < -0.39 is 0 Å². The molecule has 128 valence electrons. The second-order valence-corrected chi connectivity index (χ2v) is 5.93. The lowest BCUT2D eigenvalue weighted by molar-refractivity contribution is 0.102. The first kappa shape index (κ1) is 16.2. The van der Waals surface area contributed by atoms with Crippen molar-refractivity contribution in [2.24, 2.45) is 12.8 Å². The number of anilines is 3. The molecule has 0 aromatic carbocycles. The minimum absolute atomic E-state index is 0.208. The Morgan fingerprint density at radius 3 is 2.96 bits per heavy atom. The van der Waals surface area contributed by atoms with Crippen molar-refractivity contribution in [2.75, 3.05) is 29.0 Å². The largest absolute Gasteiger partial charge is 0.380 e. The summed E-state index contributed by atoms with van der Waals surface area (Å²) in [5, 5.41) is 7.09. The van der Waals surface area contributed by atoms with Crippen LogP contribution in [0.3, 0.4) is 0 Å². The van der Waals surface area contributed by atoms with Crippen LogP contribution in [0.4, 0.5) is 17.3 Å². The van der Waals surface area contributed by atoms with Gasteiger partial charge in [-0.2, -0.15) is 5.10 Å². The molecule has 2 aromatic heterocycles. The van der Waals surface area contributed by atoms with Crippen LogP contribution in [0, 0.1) is 0 Å². The molecule has 9 heteroatoms. The monoisotopic (exact) mass is 330 g/mol. The van der Waals surface area contributed by atoms with Crippen LogP contribution in [0.25, 0.3) is 0 Å². The van der Waals surface area contributed by atoms with Gasteiger partial charge in [-0.1, -0.05) is 0 Å². The van der Waals surface area contributed by atoms with Crippen molar-refractivity contribution in [3.8, 4) is 0 Å². The van der Waals surface area contributed by atoms with E-state index in [9.17, 15) is 4.79 Å². The van der Waals surface area contributed by atoms with Crippen LogP contribution in [-0.4, -0.2) is 44.8 Å². The smallest absolute Gasteiger partial charge is 0.274 e. The minimum Gasteiger partial charge on any atom is -0.380 e. The number of hydrogen-bond acceptors (Lipinski definition) is 7. The van der Waals surface area contributed by atoms with Crippen molar-refractivity contribution in [3.63, 3.8) is 0 Å². The highest BCUT2D eigenvalue weighted by atomic mass is 16.1. The third-order valence-electron chi connectivity index (χ3n) is 4.17. The number of aryl methyl sites for hydroxylation is 1. The molecule has 1 atom stereocenters. The summed E-state index contributed by atoms with van der Waals surface area (Å²) in [6, 6.07) is 1.76. The number of nitrogens with one attached hydrogen (secondary N) is 1. The molecule has 0 bridgehead atoms. The summed E-state index contributed by atoms with van der Waals surface area (Å²) in [4.78, 5) is 22.3. The lowest BCUT2D eigenvalue weighted by Gasteiger charge is -2.24. The van der Waals surface area contributed by atoms with E-state index in [1.165, 1.54) is 12.5 Å². The maximum Gasteiger partial charge on any atom is 0.274 e. The zero-order valence-corrected chi connectivity index (χ0v) is 13.6. The molecule has 3 rings (SSSR count). The Hall–Kier alpha value is -2.68. The molecular formula is C15H22N8O. The fourth-order valence-electron chi connectivity index (χ4n) is 2.95. The van der Waals surface area contributed by atoms with Gasteiger partial charge in [-0.05, 0) is 25.3 Å². The molecule has 0 saturated carbocycles. The van der Waals surface area contributed by atoms with Crippen LogP contribution in [-0.2, 0) is 7.05 Å². The Balaban J connectivity index is 1.87. The van der Waals surface area contributed by atoms with Crippen LogP contribution in [0.1, 0.15) is 29.8 Å². The molecule has 5 N–H and O–H groups in total. The summed E-state index contributed by atoms with van der Waals surface area (Å²) in [6.07, 6.45) is 5.73. The molecule has 0 spiro atoms. The number of nitrogen functional groups attached to an aromatic ring is 1. The average Bonchev–Trinajstić information content (AvgIpc) is 2.73. The van der Waals surface area contributed by atoms with Gasteiger partial charge in [0.15, 0.2) is 11.6 Å². The fourth-order valence-corrected chi connectivity index (χ4v) is 2.95. The normalized spacial score (nSPS) is 18.2. The Morgan fingerprint density at radius 2 is 2.21 bits per heavy atom. The summed E-state index contributed by atoms with van der Waals surface area (Å²) < 4.78 is 1.70. The predicted molar refractivity (Wildman–Crippen MR) is 91.6 cm³/mol. The Bertz CT molecular complexity index is 714. The fraction of sp³-hybridized carbons (Fsp3) is 0.467. The van der Waals surface area contributed by atoms with Crippen molar-refractivity contribution >= 4 is 23.2 Å². The van der Waals surface area contributed by atoms with E-state index in [-0.39, 0.29) is 23.5 Å². The topological polar surface area (TPSA) is 128 Å². The van der Waals surface area contributed by atoms with Crippen molar-refractivity contribution in [1.29, 1.82) is 0 Å². The van der Waals surface area contributed by atoms with Crippen LogP contribution >= 0.6 is 0 Å². The van der Waals surface area contributed by atoms with Gasteiger partial charge in [-0.3, -0.25) is 4.79 Å². The van der Waals surface area contributed by atoms with Crippen molar-refractivity contribution < 1.29 is 4.79 Å². The van der Waals surface area contributed by atoms with Gasteiger partial charge in [0.2, 0.25) is 0 Å². The van der Waals surface area contributed by atoms with Gasteiger partial charge in [0.25, 0.3) is 5.91 Å². The summed E-state index contributed by atoms with van der Waals surface area (Å²) >= 11 is 0. The number of hydrogen-bond donors (Lipinski definition) is 3. The predicted octanol–water partition coefficient (Wildman–Crippen LogP) is 0.362. The SMILES string of the molecule is Cn1nc(N)c(NC(=O)c2ccncn2)c1N1CCC[C@@H](N)CC1. The lowest BCUT2D eigenvalue weighted by Crippen LogP contribution is -2.29. The summed E-state index contributed by atoms with van der Waals surface area (Å²) in [7, 11) is 1.82. The molecule has 0 radical (unpaired) electrons. The van der Waals surface area contributed by atoms with Crippen LogP contribution < -0.4 is 21.7 Å². The van der Waals surface area contributed by atoms with Gasteiger partial charge in [0, 0.05) is 32.4 Å². The second-order valence-electron chi connectivity index (χ2n) is 5.93. The number of aromatic nitrogens is 4. The number of nitrogens with zero attached hydrogens (tertiary/aromatic N) is 5. The molecule has 1 amide bonds. The molecule has 1 fully saturated rings. The third-order valence-corrected chi connectivity index (χ3v) is 4.17. The number of rotatable bonds is 3. The average molecular weight is 330 g/mol. The summed E-state index contributed by atoms with van der Waals surface area (Å²) in [5.41, 5.74) is 12.9. The van der Waals surface area contributed by atoms with Gasteiger partial charge in [-0.15, -0.1) is 0 Å². The van der Waals surface area contributed by atoms with E-state index in [0.717, 1.165) is 38.2 Å². The van der Waals surface area contributed by atoms with E-state index >= 15 is 0 Å². The molecule has 24 heavy (non-hydrogen) atoms. The van der Waals surface area contributed by atoms with E-state index in [4.69, 9.17) is 11.5 Å². The molecule has 1 saturated heterocycles. The molecule has 2 aromatic rings. The van der Waals surface area contributed by atoms with E-state index in [1.54, 1.807) is 10.7 Å². The van der Waals surface area contributed by atoms with Crippen molar-refractivity contribution in [1.82, 2.24) is 19.7 Å². The maximum atomic E-state index is 12.4. The highest BCUT2D eigenvalue weighted by Gasteiger charge is 2.24. The van der Waals surface area contributed by atoms with Crippen LogP contribution in [0.15, 0.2) is 18.6 Å². The van der Waals surface area contributed by atoms with Gasteiger partial charge in [-0.25, -0.2) is 14.6 Å². The molecule has 1 aliphatic heterocycles. The van der Waals surface area contributed by atoms with Gasteiger partial charge in [0.05, 0.1) is 0 Å². The standard InChI is InChI=1S/C15H22N8O/c1-22-15(23-7-2-3-10(16)5-8-23)12(13(17)21-22)20-14(24)11-4-6-18-9-19-11/h4,6,9-10H,2-3,5,7-8,16H2,1H3,(H2,17,21)(H,20,24)/t10-/m1/s1. The minimum atomic E-state index is -0.343. The Kier molecular flexibility index (Phi) is 4.61.